The van der Waals surface area contributed by atoms with Gasteiger partial charge in [-0.2, -0.15) is 4.21 Å². The Kier molecular flexibility index (Phi) is 26.8. The molecule has 4 nitrogen and oxygen atoms in total. The maximum atomic E-state index is 7.83. The first-order valence-electron chi connectivity index (χ1n) is 6.46. The number of nitrogens with two attached hydrogens (primary N) is 1. The third-order valence-corrected chi connectivity index (χ3v) is 2.38. The lowest BCUT2D eigenvalue weighted by atomic mass is 10.3. The van der Waals surface area contributed by atoms with Crippen molar-refractivity contribution in [3.05, 3.63) is 59.6 Å². The Hall–Kier alpha value is -1.18. The maximum absolute atomic E-state index is 7.83. The van der Waals surface area contributed by atoms with E-state index in [1.807, 2.05) is 55.6 Å². The van der Waals surface area contributed by atoms with Gasteiger partial charge in [0, 0.05) is 36.9 Å². The molecule has 0 aliphatic carbocycles. The van der Waals surface area contributed by atoms with Crippen LogP contribution in [0.15, 0.2) is 59.5 Å². The fraction of sp³-hybridized carbons (Fsp3) is 0.250. The van der Waals surface area contributed by atoms with Crippen LogP contribution in [0.5, 0.6) is 0 Å². The molecule has 0 heterocycles. The lowest BCUT2D eigenvalue weighted by Crippen LogP contribution is -1.84. The van der Waals surface area contributed by atoms with Gasteiger partial charge in [0.1, 0.15) is 0 Å². The van der Waals surface area contributed by atoms with Crippen molar-refractivity contribution in [2.24, 2.45) is 5.73 Å². The van der Waals surface area contributed by atoms with E-state index in [0.717, 1.165) is 15.6 Å². The van der Waals surface area contributed by atoms with E-state index in [1.54, 1.807) is 20.3 Å². The largest absolute Gasteiger partial charge is 0.388 e. The molecular formula is C16H25ClN2O2S2. The number of nitrogens with one attached hydrogen (secondary N) is 1. The first-order valence-corrected chi connectivity index (χ1v) is 7.61. The first-order chi connectivity index (χ1) is 11.1. The Labute approximate surface area is 155 Å². The van der Waals surface area contributed by atoms with Crippen molar-refractivity contribution in [2.45, 2.75) is 4.90 Å². The first kappa shape index (κ1) is 26.7. The number of methoxy groups -OCH3 is 1. The van der Waals surface area contributed by atoms with Gasteiger partial charge in [0.25, 0.3) is 0 Å². The number of hydrogen-bond donors (Lipinski definition) is 3. The molecule has 0 unspecified atom stereocenters. The summed E-state index contributed by atoms with van der Waals surface area (Å²) in [7, 11) is 6.66. The predicted octanol–water partition coefficient (Wildman–Crippen LogP) is 3.86. The fourth-order valence-corrected chi connectivity index (χ4v) is 1.57. The van der Waals surface area contributed by atoms with E-state index in [9.17, 15) is 0 Å². The molecule has 0 radical (unpaired) electrons. The number of rotatable bonds is 1. The third kappa shape index (κ3) is 20.8. The van der Waals surface area contributed by atoms with Crippen molar-refractivity contribution in [3.8, 4) is 0 Å². The zero-order valence-corrected chi connectivity index (χ0v) is 16.3. The Morgan fingerprint density at radius 3 is 1.78 bits per heavy atom. The number of ether oxygens (including phenoxy) is 1. The van der Waals surface area contributed by atoms with E-state index < -0.39 is 0 Å². The topological polar surface area (TPSA) is 64.3 Å². The van der Waals surface area contributed by atoms with Crippen LogP contribution in [0.25, 0.3) is 0 Å². The number of halogens is 1. The molecule has 2 aromatic rings. The standard InChI is InChI=1S/C7H9N.C6H5ClS.C2H6O.CH5N.OS/c1-8-7-5-3-2-4-6-7;7-5-2-1-3-6(8)4-5;1-3-2;2*1-2/h2-6,8H,1H3;1-4,8H;1-2H3;2H2,1H3;. The van der Waals surface area contributed by atoms with Gasteiger partial charge in [0.2, 0.25) is 0 Å². The minimum absolute atomic E-state index is 0.734. The second-order valence-corrected chi connectivity index (χ2v) is 4.46. The highest BCUT2D eigenvalue weighted by Gasteiger charge is 1.83. The zero-order chi connectivity index (χ0) is 18.5. The van der Waals surface area contributed by atoms with Crippen LogP contribution in [0.1, 0.15) is 0 Å². The molecule has 0 amide bonds. The molecule has 0 fully saturated rings. The summed E-state index contributed by atoms with van der Waals surface area (Å²) in [6.45, 7) is 0. The minimum Gasteiger partial charge on any atom is -0.388 e. The third-order valence-electron chi connectivity index (χ3n) is 1.87. The summed E-state index contributed by atoms with van der Waals surface area (Å²) in [4.78, 5) is 0.900. The summed E-state index contributed by atoms with van der Waals surface area (Å²) in [6, 6.07) is 17.4. The molecule has 0 aromatic heterocycles. The number of anilines is 1. The fourth-order valence-electron chi connectivity index (χ4n) is 1.08. The summed E-state index contributed by atoms with van der Waals surface area (Å²) < 4.78 is 12.1. The Bertz CT molecular complexity index is 446. The summed E-state index contributed by atoms with van der Waals surface area (Å²) in [5, 5.41) is 3.76. The van der Waals surface area contributed by atoms with E-state index in [-0.39, 0.29) is 0 Å². The van der Waals surface area contributed by atoms with E-state index in [4.69, 9.17) is 15.8 Å². The highest BCUT2D eigenvalue weighted by Crippen LogP contribution is 2.12. The Balaban J connectivity index is -0.000000252. The van der Waals surface area contributed by atoms with Gasteiger partial charge in [0.15, 0.2) is 12.5 Å². The normalized spacial score (nSPS) is 7.43. The van der Waals surface area contributed by atoms with Gasteiger partial charge in [-0.05, 0) is 37.4 Å². The Morgan fingerprint density at radius 2 is 1.52 bits per heavy atom. The highest BCUT2D eigenvalue weighted by molar-refractivity contribution is 7.80. The average Bonchev–Trinajstić information content (AvgIpc) is 2.60. The molecule has 0 aliphatic heterocycles. The molecular weight excluding hydrogens is 352 g/mol. The van der Waals surface area contributed by atoms with E-state index in [1.165, 1.54) is 7.05 Å². The highest BCUT2D eigenvalue weighted by atomic mass is 35.5. The van der Waals surface area contributed by atoms with Crippen molar-refractivity contribution < 1.29 is 8.95 Å². The molecule has 2 aromatic carbocycles. The van der Waals surface area contributed by atoms with Crippen molar-refractivity contribution in [3.63, 3.8) is 0 Å². The lowest BCUT2D eigenvalue weighted by Gasteiger charge is -1.94. The van der Waals surface area contributed by atoms with E-state index in [0.29, 0.717) is 0 Å². The molecule has 3 N–H and O–H groups in total. The van der Waals surface area contributed by atoms with Gasteiger partial charge >= 0.3 is 0 Å². The van der Waals surface area contributed by atoms with Gasteiger partial charge < -0.3 is 15.8 Å². The van der Waals surface area contributed by atoms with Crippen LogP contribution in [0.2, 0.25) is 5.02 Å². The van der Waals surface area contributed by atoms with Crippen molar-refractivity contribution in [2.75, 3.05) is 33.6 Å². The molecule has 130 valence electrons. The number of para-hydroxylation sites is 1. The minimum atomic E-state index is 0.734. The maximum Gasteiger partial charge on any atom is 0.197 e. The summed E-state index contributed by atoms with van der Waals surface area (Å²) in [5.41, 5.74) is 5.66. The van der Waals surface area contributed by atoms with Crippen LogP contribution in [-0.4, -0.2) is 32.5 Å². The van der Waals surface area contributed by atoms with Crippen molar-refractivity contribution in [1.82, 2.24) is 0 Å². The molecule has 0 saturated carbocycles. The van der Waals surface area contributed by atoms with E-state index >= 15 is 0 Å². The smallest absolute Gasteiger partial charge is 0.197 e. The zero-order valence-electron chi connectivity index (χ0n) is 13.8. The van der Waals surface area contributed by atoms with Crippen LogP contribution >= 0.6 is 24.2 Å². The predicted molar refractivity (Wildman–Crippen MR) is 106 cm³/mol. The molecule has 7 heteroatoms. The Morgan fingerprint density at radius 1 is 1.04 bits per heavy atom. The summed E-state index contributed by atoms with van der Waals surface area (Å²) in [6.07, 6.45) is 0. The average molecular weight is 377 g/mol. The van der Waals surface area contributed by atoms with Gasteiger partial charge in [-0.15, -0.1) is 12.6 Å². The lowest BCUT2D eigenvalue weighted by molar-refractivity contribution is 0.277. The molecule has 0 aliphatic rings. The monoisotopic (exact) mass is 376 g/mol. The number of thiol groups is 1. The van der Waals surface area contributed by atoms with Crippen LogP contribution in [0.3, 0.4) is 0 Å². The summed E-state index contributed by atoms with van der Waals surface area (Å²) in [5.74, 6) is 0. The van der Waals surface area contributed by atoms with Gasteiger partial charge in [-0.1, -0.05) is 35.9 Å². The van der Waals surface area contributed by atoms with Crippen molar-refractivity contribution >= 4 is 42.5 Å². The number of benzene rings is 2. The molecule has 0 spiro atoms. The molecule has 23 heavy (non-hydrogen) atoms. The SMILES string of the molecule is CN.CNc1ccccc1.COC.O=S.Sc1cccc(Cl)c1. The van der Waals surface area contributed by atoms with Crippen LogP contribution < -0.4 is 11.1 Å². The second kappa shape index (κ2) is 23.1. The molecule has 0 bridgehead atoms. The molecule has 0 saturated heterocycles. The van der Waals surface area contributed by atoms with Crippen LogP contribution in [0.4, 0.5) is 5.69 Å². The van der Waals surface area contributed by atoms with Crippen LogP contribution in [0, 0.1) is 0 Å². The van der Waals surface area contributed by atoms with Gasteiger partial charge in [-0.25, -0.2) is 0 Å². The van der Waals surface area contributed by atoms with Gasteiger partial charge in [-0.3, -0.25) is 0 Å². The van der Waals surface area contributed by atoms with Crippen molar-refractivity contribution in [1.29, 1.82) is 0 Å². The second-order valence-electron chi connectivity index (χ2n) is 3.50. The summed E-state index contributed by atoms with van der Waals surface area (Å²) >= 11 is 12.5. The molecule has 2 rings (SSSR count). The number of hydrogen-bond acceptors (Lipinski definition) is 6. The van der Waals surface area contributed by atoms with Gasteiger partial charge in [0.05, 0.1) is 0 Å². The quantitative estimate of drug-likeness (QED) is 0.659. The van der Waals surface area contributed by atoms with E-state index in [2.05, 4.69) is 40.9 Å². The molecule has 0 atom stereocenters. The van der Waals surface area contributed by atoms with Crippen LogP contribution in [-0.2, 0) is 17.3 Å².